The Morgan fingerprint density at radius 2 is 2.04 bits per heavy atom. The molecule has 0 aromatic carbocycles. The predicted molar refractivity (Wildman–Crippen MR) is 94.2 cm³/mol. The lowest BCUT2D eigenvalue weighted by Gasteiger charge is -2.10. The van der Waals surface area contributed by atoms with Gasteiger partial charge in [-0.25, -0.2) is 0 Å². The van der Waals surface area contributed by atoms with Gasteiger partial charge in [0.2, 0.25) is 17.5 Å². The van der Waals surface area contributed by atoms with Crippen LogP contribution in [0.2, 0.25) is 0 Å². The summed E-state index contributed by atoms with van der Waals surface area (Å²) >= 11 is 5.21. The van der Waals surface area contributed by atoms with Crippen LogP contribution in [0.3, 0.4) is 0 Å². The zero-order valence-corrected chi connectivity index (χ0v) is 15.1. The molecule has 0 aliphatic heterocycles. The number of hydrogen-bond donors (Lipinski definition) is 2. The van der Waals surface area contributed by atoms with E-state index in [1.54, 1.807) is 19.1 Å². The molecular formula is C15H16N8O2S. The van der Waals surface area contributed by atoms with Gasteiger partial charge in [-0.05, 0) is 25.6 Å². The Morgan fingerprint density at radius 3 is 2.62 bits per heavy atom. The predicted octanol–water partition coefficient (Wildman–Crippen LogP) is 2.99. The molecule has 134 valence electrons. The molecule has 26 heavy (non-hydrogen) atoms. The second kappa shape index (κ2) is 8.69. The number of aromatic amines is 2. The van der Waals surface area contributed by atoms with Gasteiger partial charge in [-0.1, -0.05) is 13.3 Å². The number of nitrogens with one attached hydrogen (secondary N) is 2. The Balaban J connectivity index is 2.51. The maximum Gasteiger partial charge on any atom is 0.286 e. The van der Waals surface area contributed by atoms with E-state index in [1.807, 2.05) is 6.92 Å². The monoisotopic (exact) mass is 372 g/mol. The second-order valence-electron chi connectivity index (χ2n) is 5.06. The van der Waals surface area contributed by atoms with Crippen molar-refractivity contribution >= 4 is 23.9 Å². The first-order valence-electron chi connectivity index (χ1n) is 7.87. The van der Waals surface area contributed by atoms with Gasteiger partial charge in [0.25, 0.3) is 5.56 Å². The first-order chi connectivity index (χ1) is 12.5. The fourth-order valence-corrected chi connectivity index (χ4v) is 2.33. The summed E-state index contributed by atoms with van der Waals surface area (Å²) in [4.78, 5) is 21.9. The molecule has 0 saturated heterocycles. The second-order valence-corrected chi connectivity index (χ2v) is 5.45. The van der Waals surface area contributed by atoms with Crippen LogP contribution in [0.5, 0.6) is 5.88 Å². The molecule has 0 amide bonds. The summed E-state index contributed by atoms with van der Waals surface area (Å²) in [5, 5.41) is 25.6. The van der Waals surface area contributed by atoms with Crippen LogP contribution in [0.25, 0.3) is 0 Å². The Labute approximate surface area is 153 Å². The number of azo groups is 1. The summed E-state index contributed by atoms with van der Waals surface area (Å²) in [6, 6.07) is 3.57. The molecule has 0 atom stereocenters. The summed E-state index contributed by atoms with van der Waals surface area (Å²) < 4.78 is 7.02. The van der Waals surface area contributed by atoms with Crippen molar-refractivity contribution in [2.45, 2.75) is 33.2 Å². The first kappa shape index (κ1) is 19.0. The number of imidazole rings is 1. The van der Waals surface area contributed by atoms with Gasteiger partial charge >= 0.3 is 0 Å². The molecular weight excluding hydrogens is 356 g/mol. The number of unbranched alkanes of at least 4 members (excludes halogenated alkanes) is 1. The molecule has 0 unspecified atom stereocenters. The summed E-state index contributed by atoms with van der Waals surface area (Å²) in [6.45, 7) is 4.50. The van der Waals surface area contributed by atoms with Gasteiger partial charge < -0.3 is 14.7 Å². The molecule has 10 nitrogen and oxygen atoms in total. The van der Waals surface area contributed by atoms with Crippen LogP contribution in [0.4, 0.5) is 11.6 Å². The average molecular weight is 372 g/mol. The highest BCUT2D eigenvalue weighted by Crippen LogP contribution is 2.23. The zero-order valence-electron chi connectivity index (χ0n) is 14.2. The Kier molecular flexibility index (Phi) is 6.36. The summed E-state index contributed by atoms with van der Waals surface area (Å²) in [5.74, 6) is 0.0362. The van der Waals surface area contributed by atoms with Crippen molar-refractivity contribution in [2.75, 3.05) is 6.61 Å². The Morgan fingerprint density at radius 1 is 1.27 bits per heavy atom. The van der Waals surface area contributed by atoms with E-state index >= 15 is 0 Å². The van der Waals surface area contributed by atoms with Gasteiger partial charge in [-0.15, -0.1) is 10.2 Å². The standard InChI is InChI=1S/C15H16N8O2S/c1-3-5-6-23-13(24)11(12(25-4-2)20-15(23)26)21-22-14-18-9(7-16)10(8-17)19-14/h3-6H2,1-2H3,(H,18,19)(H,20,26)/b22-21+. The van der Waals surface area contributed by atoms with Crippen LogP contribution in [0.15, 0.2) is 15.0 Å². The average Bonchev–Trinajstić information content (AvgIpc) is 3.03. The SMILES string of the molecule is CCCCn1c(=S)[nH]c(OCC)c(/N=N/c2nc(C#N)c(C#N)[nH]2)c1=O. The molecule has 2 aromatic heterocycles. The minimum absolute atomic E-state index is 0.0284. The van der Waals surface area contributed by atoms with E-state index in [4.69, 9.17) is 27.5 Å². The number of nitriles is 2. The largest absolute Gasteiger partial charge is 0.478 e. The summed E-state index contributed by atoms with van der Waals surface area (Å²) in [6.07, 6.45) is 1.67. The first-order valence-corrected chi connectivity index (χ1v) is 8.28. The van der Waals surface area contributed by atoms with Crippen LogP contribution in [0.1, 0.15) is 38.1 Å². The lowest BCUT2D eigenvalue weighted by Crippen LogP contribution is -2.22. The number of nitrogens with zero attached hydrogens (tertiary/aromatic N) is 6. The van der Waals surface area contributed by atoms with Crippen LogP contribution in [-0.2, 0) is 6.54 Å². The quantitative estimate of drug-likeness (QED) is 0.564. The number of ether oxygens (including phenoxy) is 1. The van der Waals surface area contributed by atoms with Crippen LogP contribution in [0, 0.1) is 27.4 Å². The fraction of sp³-hybridized carbons (Fsp3) is 0.400. The lowest BCUT2D eigenvalue weighted by molar-refractivity contribution is 0.324. The van der Waals surface area contributed by atoms with E-state index in [0.29, 0.717) is 13.2 Å². The van der Waals surface area contributed by atoms with Crippen molar-refractivity contribution in [3.05, 3.63) is 26.5 Å². The van der Waals surface area contributed by atoms with Crippen molar-refractivity contribution in [1.29, 1.82) is 10.5 Å². The highest BCUT2D eigenvalue weighted by molar-refractivity contribution is 7.71. The van der Waals surface area contributed by atoms with Crippen LogP contribution >= 0.6 is 12.2 Å². The third-order valence-corrected chi connectivity index (χ3v) is 3.63. The fourth-order valence-electron chi connectivity index (χ4n) is 2.06. The molecule has 0 spiro atoms. The van der Waals surface area contributed by atoms with Gasteiger partial charge in [0.1, 0.15) is 12.1 Å². The molecule has 0 saturated carbocycles. The van der Waals surface area contributed by atoms with E-state index in [1.165, 1.54) is 4.57 Å². The van der Waals surface area contributed by atoms with Crippen molar-refractivity contribution in [1.82, 2.24) is 19.5 Å². The minimum Gasteiger partial charge on any atom is -0.478 e. The van der Waals surface area contributed by atoms with E-state index < -0.39 is 5.56 Å². The number of aromatic nitrogens is 4. The van der Waals surface area contributed by atoms with Crippen LogP contribution < -0.4 is 10.3 Å². The van der Waals surface area contributed by atoms with E-state index in [-0.39, 0.29) is 33.7 Å². The summed E-state index contributed by atoms with van der Waals surface area (Å²) in [5.41, 5.74) is -0.634. The number of hydrogen-bond acceptors (Lipinski definition) is 8. The maximum atomic E-state index is 12.7. The molecule has 0 bridgehead atoms. The number of H-pyrrole nitrogens is 2. The Hall–Kier alpha value is -3.31. The van der Waals surface area contributed by atoms with Gasteiger partial charge in [0.05, 0.1) is 6.61 Å². The molecule has 2 heterocycles. The third-order valence-electron chi connectivity index (χ3n) is 3.31. The van der Waals surface area contributed by atoms with Gasteiger partial charge in [-0.2, -0.15) is 15.5 Å². The van der Waals surface area contributed by atoms with E-state index in [9.17, 15) is 4.79 Å². The van der Waals surface area contributed by atoms with Crippen molar-refractivity contribution < 1.29 is 4.74 Å². The molecule has 2 rings (SSSR count). The minimum atomic E-state index is -0.443. The van der Waals surface area contributed by atoms with Gasteiger partial charge in [0.15, 0.2) is 16.2 Å². The topological polar surface area (TPSA) is 148 Å². The smallest absolute Gasteiger partial charge is 0.286 e. The van der Waals surface area contributed by atoms with Crippen molar-refractivity contribution in [3.63, 3.8) is 0 Å². The highest BCUT2D eigenvalue weighted by Gasteiger charge is 2.14. The molecule has 0 aliphatic carbocycles. The summed E-state index contributed by atoms with van der Waals surface area (Å²) in [7, 11) is 0. The molecule has 0 fully saturated rings. The van der Waals surface area contributed by atoms with E-state index in [2.05, 4.69) is 25.2 Å². The van der Waals surface area contributed by atoms with Crippen LogP contribution in [-0.4, -0.2) is 26.1 Å². The Bertz CT molecular complexity index is 987. The zero-order chi connectivity index (χ0) is 19.1. The van der Waals surface area contributed by atoms with Gasteiger partial charge in [0, 0.05) is 6.54 Å². The molecule has 0 radical (unpaired) electrons. The van der Waals surface area contributed by atoms with E-state index in [0.717, 1.165) is 12.8 Å². The maximum absolute atomic E-state index is 12.7. The lowest BCUT2D eigenvalue weighted by atomic mass is 10.3. The highest BCUT2D eigenvalue weighted by atomic mass is 32.1. The molecule has 11 heteroatoms. The third kappa shape index (κ3) is 4.02. The normalized spacial score (nSPS) is 10.6. The van der Waals surface area contributed by atoms with Crippen molar-refractivity contribution in [2.24, 2.45) is 10.2 Å². The molecule has 0 aliphatic rings. The van der Waals surface area contributed by atoms with Crippen molar-refractivity contribution in [3.8, 4) is 18.0 Å². The molecule has 2 aromatic rings. The molecule has 2 N–H and O–H groups in total. The van der Waals surface area contributed by atoms with Gasteiger partial charge in [-0.3, -0.25) is 9.36 Å². The number of rotatable bonds is 7.